The number of hydrogen-bond acceptors (Lipinski definition) is 7. The number of fused-ring (bicyclic) bond motifs is 5. The number of nitrogens with one attached hydrogen (secondary N) is 1. The van der Waals surface area contributed by atoms with Gasteiger partial charge >= 0.3 is 10.2 Å². The zero-order chi connectivity index (χ0) is 33.5. The molecule has 2 amide bonds. The van der Waals surface area contributed by atoms with Crippen molar-refractivity contribution in [1.29, 1.82) is 0 Å². The molecule has 1 aromatic heterocycles. The van der Waals surface area contributed by atoms with Gasteiger partial charge in [0.15, 0.2) is 0 Å². The van der Waals surface area contributed by atoms with Crippen LogP contribution >= 0.6 is 0 Å². The Bertz CT molecular complexity index is 1820. The van der Waals surface area contributed by atoms with Crippen LogP contribution in [-0.4, -0.2) is 107 Å². The van der Waals surface area contributed by atoms with Gasteiger partial charge in [-0.1, -0.05) is 25.3 Å². The second kappa shape index (κ2) is 13.4. The number of carbonyl (C=O) groups is 2. The Morgan fingerprint density at radius 1 is 1.04 bits per heavy atom. The Morgan fingerprint density at radius 3 is 2.51 bits per heavy atom. The number of morpholine rings is 1. The number of hydrogen-bond donors (Lipinski definition) is 1. The van der Waals surface area contributed by atoms with Gasteiger partial charge in [-0.2, -0.15) is 12.7 Å². The van der Waals surface area contributed by atoms with Crippen LogP contribution in [0, 0.1) is 0 Å². The molecule has 3 aromatic rings. The minimum Gasteiger partial charge on any atom is -0.497 e. The Labute approximate surface area is 277 Å². The third-order valence-corrected chi connectivity index (χ3v) is 10.9. The second-order valence-corrected chi connectivity index (χ2v) is 15.1. The summed E-state index contributed by atoms with van der Waals surface area (Å²) in [5, 5.41) is 1.02. The van der Waals surface area contributed by atoms with E-state index in [4.69, 9.17) is 9.47 Å². The monoisotopic (exact) mass is 663 g/mol. The predicted octanol–water partition coefficient (Wildman–Crippen LogP) is 4.09. The average molecular weight is 664 g/mol. The van der Waals surface area contributed by atoms with Gasteiger partial charge in [0.2, 0.25) is 0 Å². The Hall–Kier alpha value is -3.71. The molecule has 12 heteroatoms. The summed E-state index contributed by atoms with van der Waals surface area (Å²) in [5.74, 6) is 0.260. The number of carbonyl (C=O) groups excluding carboxylic acids is 2. The first-order valence-electron chi connectivity index (χ1n) is 16.3. The molecule has 0 spiro atoms. The number of nitrogens with zero attached hydrogens (tertiary/aromatic N) is 4. The van der Waals surface area contributed by atoms with Crippen molar-refractivity contribution in [3.63, 3.8) is 0 Å². The molecule has 252 valence electrons. The molecule has 1 N–H and O–H groups in total. The summed E-state index contributed by atoms with van der Waals surface area (Å²) in [6.45, 7) is 2.48. The van der Waals surface area contributed by atoms with Gasteiger partial charge in [-0.05, 0) is 80.4 Å². The molecule has 3 heterocycles. The minimum atomic E-state index is -3.98. The first-order chi connectivity index (χ1) is 22.5. The van der Waals surface area contributed by atoms with Crippen LogP contribution < -0.4 is 9.46 Å². The fourth-order valence-corrected chi connectivity index (χ4v) is 7.74. The molecule has 1 saturated carbocycles. The molecule has 1 unspecified atom stereocenters. The molecule has 11 nitrogen and oxygen atoms in total. The quantitative estimate of drug-likeness (QED) is 0.387. The Kier molecular flexibility index (Phi) is 9.48. The van der Waals surface area contributed by atoms with E-state index in [1.807, 2.05) is 43.3 Å². The van der Waals surface area contributed by atoms with Crippen molar-refractivity contribution in [2.45, 2.75) is 50.7 Å². The summed E-state index contributed by atoms with van der Waals surface area (Å²) < 4.78 is 41.9. The van der Waals surface area contributed by atoms with Gasteiger partial charge in [0.1, 0.15) is 5.75 Å². The van der Waals surface area contributed by atoms with Gasteiger partial charge in [0, 0.05) is 61.3 Å². The van der Waals surface area contributed by atoms with Crippen molar-refractivity contribution >= 4 is 39.0 Å². The van der Waals surface area contributed by atoms with Crippen LogP contribution in [0.5, 0.6) is 5.75 Å². The number of benzene rings is 2. The van der Waals surface area contributed by atoms with Crippen molar-refractivity contribution < 1.29 is 27.5 Å². The first-order valence-corrected chi connectivity index (χ1v) is 17.8. The maximum absolute atomic E-state index is 14.4. The smallest absolute Gasteiger partial charge is 0.303 e. The number of aromatic nitrogens is 1. The molecule has 2 aromatic carbocycles. The minimum absolute atomic E-state index is 0.0503. The molecule has 6 rings (SSSR count). The summed E-state index contributed by atoms with van der Waals surface area (Å²) in [7, 11) is 4.39. The van der Waals surface area contributed by atoms with E-state index >= 15 is 0 Å². The molecule has 2 fully saturated rings. The molecular formula is C35H45N5O6S. The Morgan fingerprint density at radius 2 is 1.81 bits per heavy atom. The van der Waals surface area contributed by atoms with Crippen molar-refractivity contribution in [3.8, 4) is 17.0 Å². The van der Waals surface area contributed by atoms with Crippen molar-refractivity contribution in [1.82, 2.24) is 23.4 Å². The largest absolute Gasteiger partial charge is 0.497 e. The molecule has 1 aliphatic carbocycles. The van der Waals surface area contributed by atoms with Crippen LogP contribution in [0.2, 0.25) is 0 Å². The van der Waals surface area contributed by atoms with E-state index in [0.717, 1.165) is 57.7 Å². The maximum atomic E-state index is 14.4. The highest BCUT2D eigenvalue weighted by Gasteiger charge is 2.33. The molecule has 47 heavy (non-hydrogen) atoms. The zero-order valence-electron chi connectivity index (χ0n) is 27.9. The summed E-state index contributed by atoms with van der Waals surface area (Å²) >= 11 is 0. The van der Waals surface area contributed by atoms with Crippen LogP contribution in [0.4, 0.5) is 0 Å². The number of ether oxygens (including phenoxy) is 2. The van der Waals surface area contributed by atoms with Gasteiger partial charge in [-0.25, -0.2) is 4.72 Å². The number of amides is 2. The lowest BCUT2D eigenvalue weighted by Gasteiger charge is -2.34. The van der Waals surface area contributed by atoms with E-state index in [-0.39, 0.29) is 17.6 Å². The number of likely N-dealkylation sites (N-methyl/N-ethyl adjacent to an activating group) is 1. The van der Waals surface area contributed by atoms with E-state index in [0.29, 0.717) is 50.0 Å². The number of methoxy groups -OCH3 is 1. The fourth-order valence-electron chi connectivity index (χ4n) is 7.20. The van der Waals surface area contributed by atoms with Crippen LogP contribution in [-0.2, 0) is 26.3 Å². The highest BCUT2D eigenvalue weighted by Crippen LogP contribution is 2.47. The molecule has 0 bridgehead atoms. The first kappa shape index (κ1) is 33.2. The normalized spacial score (nSPS) is 18.9. The summed E-state index contributed by atoms with van der Waals surface area (Å²) in [6, 6.07) is 11.4. The van der Waals surface area contributed by atoms with Gasteiger partial charge in [-0.15, -0.1) is 0 Å². The molecule has 1 atom stereocenters. The van der Waals surface area contributed by atoms with E-state index in [9.17, 15) is 18.0 Å². The predicted molar refractivity (Wildman–Crippen MR) is 183 cm³/mol. The molecule has 2 aliphatic heterocycles. The molecular weight excluding hydrogens is 618 g/mol. The van der Waals surface area contributed by atoms with E-state index < -0.39 is 16.1 Å². The molecule has 3 aliphatic rings. The standard InChI is InChI=1S/C35H45N5O6S/c1-37(2)21-28-22-39(15-16-46-28)35(42)26-17-25-18-27(45-5)12-14-29(25)33-32(23-9-7-6-8-10-23)30-13-11-24(19-31(30)40(33)20-26)34(41)36-47(43,44)38(3)4/h11-14,17-19,23,28H,6-10,15-16,20-22H2,1-5H3,(H,36,41). The Balaban J connectivity index is 1.51. The van der Waals surface area contributed by atoms with Gasteiger partial charge < -0.3 is 23.8 Å². The SMILES string of the molecule is COc1ccc2c(c1)C=C(C(=O)N1CCOC(CN(C)C)C1)Cn1c-2c(C2CCCCC2)c2ccc(C(=O)NS(=O)(=O)N(C)C)cc21. The number of rotatable bonds is 8. The lowest BCUT2D eigenvalue weighted by Crippen LogP contribution is -2.49. The van der Waals surface area contributed by atoms with E-state index in [1.54, 1.807) is 19.2 Å². The molecule has 0 radical (unpaired) electrons. The van der Waals surface area contributed by atoms with E-state index in [2.05, 4.69) is 20.3 Å². The summed E-state index contributed by atoms with van der Waals surface area (Å²) in [6.07, 6.45) is 7.51. The average Bonchev–Trinajstić information content (AvgIpc) is 3.26. The van der Waals surface area contributed by atoms with E-state index in [1.165, 1.54) is 26.1 Å². The van der Waals surface area contributed by atoms with Gasteiger partial charge in [0.25, 0.3) is 11.8 Å². The van der Waals surface area contributed by atoms with Crippen molar-refractivity contribution in [3.05, 3.63) is 58.7 Å². The van der Waals surface area contributed by atoms with Crippen LogP contribution in [0.3, 0.4) is 0 Å². The molecule has 1 saturated heterocycles. The van der Waals surface area contributed by atoms with Crippen LogP contribution in [0.25, 0.3) is 28.2 Å². The third kappa shape index (κ3) is 6.69. The van der Waals surface area contributed by atoms with Crippen LogP contribution in [0.15, 0.2) is 42.0 Å². The van der Waals surface area contributed by atoms with Crippen molar-refractivity contribution in [2.24, 2.45) is 0 Å². The zero-order valence-corrected chi connectivity index (χ0v) is 28.7. The summed E-state index contributed by atoms with van der Waals surface area (Å²) in [4.78, 5) is 31.6. The fraction of sp³-hybridized carbons (Fsp3) is 0.486. The topological polar surface area (TPSA) is 113 Å². The highest BCUT2D eigenvalue weighted by atomic mass is 32.2. The van der Waals surface area contributed by atoms with Crippen molar-refractivity contribution in [2.75, 3.05) is 61.5 Å². The lowest BCUT2D eigenvalue weighted by atomic mass is 9.81. The van der Waals surface area contributed by atoms with Gasteiger partial charge in [0.05, 0.1) is 32.1 Å². The second-order valence-electron chi connectivity index (χ2n) is 13.3. The maximum Gasteiger partial charge on any atom is 0.303 e. The summed E-state index contributed by atoms with van der Waals surface area (Å²) in [5.41, 5.74) is 5.81. The van der Waals surface area contributed by atoms with Gasteiger partial charge in [-0.3, -0.25) is 9.59 Å². The lowest BCUT2D eigenvalue weighted by molar-refractivity contribution is -0.135. The highest BCUT2D eigenvalue weighted by molar-refractivity contribution is 7.87. The third-order valence-electron chi connectivity index (χ3n) is 9.52. The van der Waals surface area contributed by atoms with Crippen LogP contribution in [0.1, 0.15) is 59.5 Å².